The van der Waals surface area contributed by atoms with Crippen LogP contribution in [0.2, 0.25) is 0 Å². The summed E-state index contributed by atoms with van der Waals surface area (Å²) in [5.74, 6) is -3.02. The Kier molecular flexibility index (Phi) is 5.30. The Morgan fingerprint density at radius 2 is 2.14 bits per heavy atom. The lowest BCUT2D eigenvalue weighted by atomic mass is 10.1. The fourth-order valence-corrected chi connectivity index (χ4v) is 2.34. The summed E-state index contributed by atoms with van der Waals surface area (Å²) in [6, 6.07) is 3.03. The van der Waals surface area contributed by atoms with Crippen LogP contribution < -0.4 is 4.74 Å². The molecule has 0 spiro atoms. The van der Waals surface area contributed by atoms with Crippen LogP contribution in [-0.2, 0) is 9.59 Å². The zero-order valence-electron chi connectivity index (χ0n) is 11.9. The van der Waals surface area contributed by atoms with E-state index in [1.165, 1.54) is 11.0 Å². The molecule has 1 fully saturated rings. The van der Waals surface area contributed by atoms with Gasteiger partial charge in [-0.25, -0.2) is 8.78 Å². The summed E-state index contributed by atoms with van der Waals surface area (Å²) in [4.78, 5) is 24.2. The van der Waals surface area contributed by atoms with Gasteiger partial charge in [0.2, 0.25) is 5.91 Å². The van der Waals surface area contributed by atoms with Crippen molar-refractivity contribution in [2.45, 2.75) is 19.3 Å². The Labute approximate surface area is 126 Å². The van der Waals surface area contributed by atoms with Crippen LogP contribution in [0.15, 0.2) is 18.2 Å². The topological polar surface area (TPSA) is 66.8 Å². The molecule has 1 aromatic carbocycles. The van der Waals surface area contributed by atoms with Gasteiger partial charge in [0.1, 0.15) is 5.82 Å². The third kappa shape index (κ3) is 4.16. The lowest BCUT2D eigenvalue weighted by Gasteiger charge is -2.15. The maximum absolute atomic E-state index is 13.3. The number of hydrogen-bond acceptors (Lipinski definition) is 3. The van der Waals surface area contributed by atoms with Gasteiger partial charge in [0.15, 0.2) is 11.6 Å². The molecule has 1 aliphatic heterocycles. The van der Waals surface area contributed by atoms with Crippen LogP contribution in [0.1, 0.15) is 19.3 Å². The van der Waals surface area contributed by atoms with Crippen molar-refractivity contribution in [2.24, 2.45) is 5.92 Å². The van der Waals surface area contributed by atoms with Crippen molar-refractivity contribution in [3.8, 4) is 5.75 Å². The number of aliphatic carboxylic acids is 1. The second kappa shape index (κ2) is 7.20. The first-order valence-corrected chi connectivity index (χ1v) is 7.06. The molecule has 1 amide bonds. The van der Waals surface area contributed by atoms with E-state index in [4.69, 9.17) is 9.84 Å². The van der Waals surface area contributed by atoms with Gasteiger partial charge < -0.3 is 14.7 Å². The van der Waals surface area contributed by atoms with Gasteiger partial charge >= 0.3 is 5.97 Å². The number of halogens is 2. The highest BCUT2D eigenvalue weighted by molar-refractivity contribution is 5.78. The molecule has 0 aromatic heterocycles. The maximum Gasteiger partial charge on any atom is 0.308 e. The molecule has 1 aromatic rings. The smallest absolute Gasteiger partial charge is 0.308 e. The molecule has 0 saturated carbocycles. The van der Waals surface area contributed by atoms with Crippen molar-refractivity contribution < 1.29 is 28.2 Å². The number of rotatable bonds is 6. The zero-order chi connectivity index (χ0) is 16.1. The Bertz CT molecular complexity index is 564. The summed E-state index contributed by atoms with van der Waals surface area (Å²) in [7, 11) is 0. The van der Waals surface area contributed by atoms with Gasteiger partial charge in [-0.1, -0.05) is 0 Å². The summed E-state index contributed by atoms with van der Waals surface area (Å²) in [5.41, 5.74) is 0. The lowest BCUT2D eigenvalue weighted by molar-refractivity contribution is -0.141. The van der Waals surface area contributed by atoms with Gasteiger partial charge in [-0.15, -0.1) is 0 Å². The van der Waals surface area contributed by atoms with Crippen molar-refractivity contribution in [2.75, 3.05) is 19.7 Å². The van der Waals surface area contributed by atoms with E-state index in [9.17, 15) is 18.4 Å². The molecule has 2 rings (SSSR count). The number of amides is 1. The first-order valence-electron chi connectivity index (χ1n) is 7.06. The van der Waals surface area contributed by atoms with E-state index in [1.54, 1.807) is 0 Å². The van der Waals surface area contributed by atoms with E-state index in [1.807, 2.05) is 0 Å². The number of benzene rings is 1. The van der Waals surface area contributed by atoms with Gasteiger partial charge in [0, 0.05) is 25.6 Å². The quantitative estimate of drug-likeness (QED) is 0.816. The molecular formula is C15H17F2NO4. The molecule has 7 heteroatoms. The number of carbonyl (C=O) groups is 2. The van der Waals surface area contributed by atoms with Crippen LogP contribution in [0.4, 0.5) is 8.78 Å². The number of hydrogen-bond donors (Lipinski definition) is 1. The average molecular weight is 313 g/mol. The highest BCUT2D eigenvalue weighted by Crippen LogP contribution is 2.19. The monoisotopic (exact) mass is 313 g/mol. The fourth-order valence-electron chi connectivity index (χ4n) is 2.34. The minimum atomic E-state index is -0.884. The van der Waals surface area contributed by atoms with Crippen LogP contribution in [-0.4, -0.2) is 41.6 Å². The lowest BCUT2D eigenvalue weighted by Crippen LogP contribution is -2.30. The predicted molar refractivity (Wildman–Crippen MR) is 73.4 cm³/mol. The highest BCUT2D eigenvalue weighted by Gasteiger charge is 2.30. The third-order valence-electron chi connectivity index (χ3n) is 3.58. The van der Waals surface area contributed by atoms with Crippen molar-refractivity contribution in [1.82, 2.24) is 4.90 Å². The molecule has 1 saturated heterocycles. The standard InChI is InChI=1S/C15H17F2NO4/c16-11-3-4-13(12(17)8-11)22-7-1-2-14(19)18-6-5-10(9-18)15(20)21/h3-4,8,10H,1-2,5-7,9H2,(H,20,21). The largest absolute Gasteiger partial charge is 0.491 e. The number of carboxylic acids is 1. The highest BCUT2D eigenvalue weighted by atomic mass is 19.1. The molecule has 1 heterocycles. The van der Waals surface area contributed by atoms with Crippen LogP contribution in [0.5, 0.6) is 5.75 Å². The molecule has 5 nitrogen and oxygen atoms in total. The molecule has 1 atom stereocenters. The van der Waals surface area contributed by atoms with E-state index in [0.717, 1.165) is 12.1 Å². The summed E-state index contributed by atoms with van der Waals surface area (Å²) >= 11 is 0. The van der Waals surface area contributed by atoms with Gasteiger partial charge in [-0.3, -0.25) is 9.59 Å². The van der Waals surface area contributed by atoms with Gasteiger partial charge in [0.05, 0.1) is 12.5 Å². The molecule has 1 aliphatic rings. The number of ether oxygens (including phenoxy) is 1. The van der Waals surface area contributed by atoms with Gasteiger partial charge in [-0.2, -0.15) is 0 Å². The second-order valence-electron chi connectivity index (χ2n) is 5.19. The van der Waals surface area contributed by atoms with Crippen molar-refractivity contribution >= 4 is 11.9 Å². The van der Waals surface area contributed by atoms with Crippen molar-refractivity contribution in [1.29, 1.82) is 0 Å². The first-order chi connectivity index (χ1) is 10.5. The minimum Gasteiger partial charge on any atom is -0.491 e. The minimum absolute atomic E-state index is 0.0547. The van der Waals surface area contributed by atoms with Crippen molar-refractivity contribution in [3.05, 3.63) is 29.8 Å². The summed E-state index contributed by atoms with van der Waals surface area (Å²) in [5, 5.41) is 8.88. The SMILES string of the molecule is O=C(O)C1CCN(C(=O)CCCOc2ccc(F)cc2F)C1. The third-order valence-corrected chi connectivity index (χ3v) is 3.58. The number of carboxylic acid groups (broad SMARTS) is 1. The number of nitrogens with zero attached hydrogens (tertiary/aromatic N) is 1. The molecule has 0 bridgehead atoms. The van der Waals surface area contributed by atoms with E-state index < -0.39 is 23.5 Å². The van der Waals surface area contributed by atoms with Crippen LogP contribution in [0, 0.1) is 17.6 Å². The number of carbonyl (C=O) groups excluding carboxylic acids is 1. The molecule has 1 N–H and O–H groups in total. The fraction of sp³-hybridized carbons (Fsp3) is 0.467. The Morgan fingerprint density at radius 3 is 2.77 bits per heavy atom. The van der Waals surface area contributed by atoms with Crippen LogP contribution in [0.25, 0.3) is 0 Å². The normalized spacial score (nSPS) is 17.5. The molecule has 0 radical (unpaired) electrons. The molecule has 22 heavy (non-hydrogen) atoms. The second-order valence-corrected chi connectivity index (χ2v) is 5.19. The summed E-state index contributed by atoms with van der Waals surface area (Å²) in [6.07, 6.45) is 1.05. The molecule has 0 aliphatic carbocycles. The Balaban J connectivity index is 1.70. The van der Waals surface area contributed by atoms with Crippen LogP contribution >= 0.6 is 0 Å². The molecule has 120 valence electrons. The first kappa shape index (κ1) is 16.2. The average Bonchev–Trinajstić information content (AvgIpc) is 2.95. The van der Waals surface area contributed by atoms with Gasteiger partial charge in [0.25, 0.3) is 0 Å². The zero-order valence-corrected chi connectivity index (χ0v) is 11.9. The predicted octanol–water partition coefficient (Wildman–Crippen LogP) is 2.06. The number of likely N-dealkylation sites (tertiary alicyclic amines) is 1. The van der Waals surface area contributed by atoms with E-state index in [0.29, 0.717) is 19.4 Å². The molecular weight excluding hydrogens is 296 g/mol. The Morgan fingerprint density at radius 1 is 1.36 bits per heavy atom. The van der Waals surface area contributed by atoms with E-state index in [-0.39, 0.29) is 31.2 Å². The van der Waals surface area contributed by atoms with Crippen LogP contribution in [0.3, 0.4) is 0 Å². The summed E-state index contributed by atoms with van der Waals surface area (Å²) < 4.78 is 31.2. The van der Waals surface area contributed by atoms with E-state index >= 15 is 0 Å². The van der Waals surface area contributed by atoms with E-state index in [2.05, 4.69) is 0 Å². The maximum atomic E-state index is 13.3. The molecule has 1 unspecified atom stereocenters. The van der Waals surface area contributed by atoms with Crippen molar-refractivity contribution in [3.63, 3.8) is 0 Å². The Hall–Kier alpha value is -2.18. The summed E-state index contributed by atoms with van der Waals surface area (Å²) in [6.45, 7) is 0.815. The van der Waals surface area contributed by atoms with Gasteiger partial charge in [-0.05, 0) is 25.0 Å².